The second-order valence-electron chi connectivity index (χ2n) is 4.31. The third-order valence-electron chi connectivity index (χ3n) is 3.24. The highest BCUT2D eigenvalue weighted by Gasteiger charge is 2.48. The SMILES string of the molecule is NC1=NCC2(CC3CCC(C2)S3)O1. The van der Waals surface area contributed by atoms with Gasteiger partial charge in [0.1, 0.15) is 5.60 Å². The molecule has 0 aromatic heterocycles. The number of rotatable bonds is 0. The highest BCUT2D eigenvalue weighted by atomic mass is 32.2. The van der Waals surface area contributed by atoms with E-state index in [9.17, 15) is 0 Å². The van der Waals surface area contributed by atoms with Gasteiger partial charge >= 0.3 is 0 Å². The van der Waals surface area contributed by atoms with E-state index in [-0.39, 0.29) is 5.60 Å². The van der Waals surface area contributed by atoms with Crippen LogP contribution in [0.4, 0.5) is 0 Å². The molecule has 3 nitrogen and oxygen atoms in total. The Morgan fingerprint density at radius 3 is 2.62 bits per heavy atom. The fourth-order valence-corrected chi connectivity index (χ4v) is 4.60. The fourth-order valence-electron chi connectivity index (χ4n) is 2.71. The molecule has 0 saturated carbocycles. The Kier molecular flexibility index (Phi) is 1.57. The third kappa shape index (κ3) is 1.23. The maximum absolute atomic E-state index is 5.68. The van der Waals surface area contributed by atoms with Gasteiger partial charge < -0.3 is 10.5 Å². The summed E-state index contributed by atoms with van der Waals surface area (Å²) in [6.07, 6.45) is 5.03. The zero-order valence-corrected chi connectivity index (χ0v) is 8.35. The molecule has 2 saturated heterocycles. The van der Waals surface area contributed by atoms with Crippen molar-refractivity contribution in [1.82, 2.24) is 0 Å². The van der Waals surface area contributed by atoms with Gasteiger partial charge in [0.05, 0.1) is 6.54 Å². The highest BCUT2D eigenvalue weighted by Crippen LogP contribution is 2.49. The molecule has 0 aliphatic carbocycles. The van der Waals surface area contributed by atoms with E-state index in [4.69, 9.17) is 10.5 Å². The van der Waals surface area contributed by atoms with Crippen LogP contribution >= 0.6 is 11.8 Å². The largest absolute Gasteiger partial charge is 0.457 e. The van der Waals surface area contributed by atoms with Crippen molar-refractivity contribution in [2.24, 2.45) is 10.7 Å². The van der Waals surface area contributed by atoms with Crippen molar-refractivity contribution in [3.8, 4) is 0 Å². The van der Waals surface area contributed by atoms with Gasteiger partial charge in [-0.1, -0.05) is 0 Å². The number of hydrogen-bond donors (Lipinski definition) is 1. The van der Waals surface area contributed by atoms with E-state index in [2.05, 4.69) is 16.8 Å². The third-order valence-corrected chi connectivity index (χ3v) is 4.81. The predicted molar refractivity (Wildman–Crippen MR) is 53.9 cm³/mol. The zero-order valence-electron chi connectivity index (χ0n) is 7.53. The first kappa shape index (κ1) is 7.97. The first-order valence-corrected chi connectivity index (χ1v) is 5.84. The summed E-state index contributed by atoms with van der Waals surface area (Å²) in [5.41, 5.74) is 5.57. The Balaban J connectivity index is 1.79. The second-order valence-corrected chi connectivity index (χ2v) is 5.91. The maximum Gasteiger partial charge on any atom is 0.282 e. The Labute approximate surface area is 82.1 Å². The highest BCUT2D eigenvalue weighted by molar-refractivity contribution is 8.00. The molecule has 2 unspecified atom stereocenters. The molecule has 2 atom stereocenters. The smallest absolute Gasteiger partial charge is 0.282 e. The Morgan fingerprint density at radius 1 is 1.38 bits per heavy atom. The lowest BCUT2D eigenvalue weighted by atomic mass is 9.94. The molecule has 2 bridgehead atoms. The van der Waals surface area contributed by atoms with Crippen LogP contribution in [0.5, 0.6) is 0 Å². The molecule has 0 amide bonds. The van der Waals surface area contributed by atoms with Crippen LogP contribution in [0.1, 0.15) is 25.7 Å². The Bertz CT molecular complexity index is 254. The molecular weight excluding hydrogens is 184 g/mol. The number of nitrogens with two attached hydrogens (primary N) is 1. The van der Waals surface area contributed by atoms with Crippen LogP contribution in [-0.4, -0.2) is 28.7 Å². The molecule has 3 rings (SSSR count). The van der Waals surface area contributed by atoms with Gasteiger partial charge in [0.15, 0.2) is 0 Å². The summed E-state index contributed by atoms with van der Waals surface area (Å²) in [6, 6.07) is 0.409. The average molecular weight is 198 g/mol. The van der Waals surface area contributed by atoms with Crippen molar-refractivity contribution in [3.63, 3.8) is 0 Å². The number of ether oxygens (including phenoxy) is 1. The summed E-state index contributed by atoms with van der Waals surface area (Å²) in [6.45, 7) is 0.798. The van der Waals surface area contributed by atoms with Gasteiger partial charge in [-0.3, -0.25) is 0 Å². The molecule has 13 heavy (non-hydrogen) atoms. The van der Waals surface area contributed by atoms with Crippen molar-refractivity contribution in [3.05, 3.63) is 0 Å². The van der Waals surface area contributed by atoms with E-state index in [1.807, 2.05) is 0 Å². The van der Waals surface area contributed by atoms with Crippen molar-refractivity contribution in [2.45, 2.75) is 41.8 Å². The molecule has 3 heterocycles. The molecule has 3 aliphatic heterocycles. The molecule has 3 aliphatic rings. The monoisotopic (exact) mass is 198 g/mol. The van der Waals surface area contributed by atoms with Crippen LogP contribution in [0.15, 0.2) is 4.99 Å². The summed E-state index contributed by atoms with van der Waals surface area (Å²) in [7, 11) is 0. The van der Waals surface area contributed by atoms with Crippen molar-refractivity contribution >= 4 is 17.8 Å². The number of thioether (sulfide) groups is 1. The van der Waals surface area contributed by atoms with Crippen LogP contribution in [0.3, 0.4) is 0 Å². The van der Waals surface area contributed by atoms with Crippen molar-refractivity contribution in [1.29, 1.82) is 0 Å². The predicted octanol–water partition coefficient (Wildman–Crippen LogP) is 1.13. The average Bonchev–Trinajstić information content (AvgIpc) is 2.58. The molecule has 4 heteroatoms. The summed E-state index contributed by atoms with van der Waals surface area (Å²) in [5, 5.41) is 1.61. The first-order valence-electron chi connectivity index (χ1n) is 4.90. The van der Waals surface area contributed by atoms with Crippen LogP contribution in [0.25, 0.3) is 0 Å². The lowest BCUT2D eigenvalue weighted by Crippen LogP contribution is -2.41. The van der Waals surface area contributed by atoms with E-state index in [0.29, 0.717) is 6.02 Å². The Hall–Kier alpha value is -0.380. The first-order chi connectivity index (χ1) is 6.26. The van der Waals surface area contributed by atoms with Crippen LogP contribution in [-0.2, 0) is 4.74 Å². The maximum atomic E-state index is 5.68. The molecule has 0 aromatic rings. The number of nitrogens with zero attached hydrogens (tertiary/aromatic N) is 1. The molecule has 0 radical (unpaired) electrons. The minimum absolute atomic E-state index is 0.00116. The summed E-state index contributed by atoms with van der Waals surface area (Å²) < 4.78 is 5.68. The fraction of sp³-hybridized carbons (Fsp3) is 0.889. The van der Waals surface area contributed by atoms with Crippen molar-refractivity contribution < 1.29 is 4.74 Å². The van der Waals surface area contributed by atoms with Crippen LogP contribution in [0.2, 0.25) is 0 Å². The van der Waals surface area contributed by atoms with Gasteiger partial charge in [0.25, 0.3) is 6.02 Å². The number of aliphatic imine (C=N–C) groups is 1. The lowest BCUT2D eigenvalue weighted by Gasteiger charge is -2.35. The van der Waals surface area contributed by atoms with Crippen LogP contribution < -0.4 is 5.73 Å². The number of hydrogen-bond acceptors (Lipinski definition) is 4. The van der Waals surface area contributed by atoms with Gasteiger partial charge in [-0.25, -0.2) is 4.99 Å². The molecule has 0 aromatic carbocycles. The van der Waals surface area contributed by atoms with Gasteiger partial charge in [0.2, 0.25) is 0 Å². The molecule has 2 fully saturated rings. The van der Waals surface area contributed by atoms with E-state index in [1.54, 1.807) is 0 Å². The van der Waals surface area contributed by atoms with Crippen molar-refractivity contribution in [2.75, 3.05) is 6.54 Å². The normalized spacial score (nSPS) is 47.8. The summed E-state index contributed by atoms with van der Waals surface area (Å²) in [4.78, 5) is 4.17. The van der Waals surface area contributed by atoms with Crippen LogP contribution in [0, 0.1) is 0 Å². The quantitative estimate of drug-likeness (QED) is 0.634. The molecule has 1 spiro atoms. The van der Waals surface area contributed by atoms with Gasteiger partial charge in [0, 0.05) is 23.3 Å². The minimum atomic E-state index is 0.00116. The molecular formula is C9H14N2OS. The van der Waals surface area contributed by atoms with E-state index in [0.717, 1.165) is 29.9 Å². The van der Waals surface area contributed by atoms with E-state index in [1.165, 1.54) is 12.8 Å². The topological polar surface area (TPSA) is 47.6 Å². The standard InChI is InChI=1S/C9H14N2OS/c10-8-11-5-9(12-8)3-6-1-2-7(4-9)13-6/h6-7H,1-5H2,(H2,10,11). The van der Waals surface area contributed by atoms with E-state index < -0.39 is 0 Å². The minimum Gasteiger partial charge on any atom is -0.457 e. The number of amidine groups is 1. The summed E-state index contributed by atoms with van der Waals surface area (Å²) >= 11 is 2.14. The second kappa shape index (κ2) is 2.56. The van der Waals surface area contributed by atoms with E-state index >= 15 is 0 Å². The van der Waals surface area contributed by atoms with Gasteiger partial charge in [-0.15, -0.1) is 0 Å². The molecule has 2 N–H and O–H groups in total. The Morgan fingerprint density at radius 2 is 2.08 bits per heavy atom. The summed E-state index contributed by atoms with van der Waals surface area (Å²) in [5.74, 6) is 0. The lowest BCUT2D eigenvalue weighted by molar-refractivity contribution is 0.0677. The number of fused-ring (bicyclic) bond motifs is 2. The van der Waals surface area contributed by atoms with Gasteiger partial charge in [-0.05, 0) is 12.8 Å². The molecule has 72 valence electrons. The zero-order chi connectivity index (χ0) is 8.89. The van der Waals surface area contributed by atoms with Gasteiger partial charge in [-0.2, -0.15) is 11.8 Å².